The van der Waals surface area contributed by atoms with Crippen molar-refractivity contribution in [2.45, 2.75) is 51.0 Å². The summed E-state index contributed by atoms with van der Waals surface area (Å²) >= 11 is 0. The maximum Gasteiger partial charge on any atom is 0.151 e. The number of aryl methyl sites for hydroxylation is 1. The molecule has 0 N–H and O–H groups in total. The highest BCUT2D eigenvalue weighted by Crippen LogP contribution is 2.43. The second-order valence-electron chi connectivity index (χ2n) is 8.79. The number of aromatic nitrogens is 4. The maximum absolute atomic E-state index is 4.51. The minimum Gasteiger partial charge on any atom is -0.355 e. The Hall–Kier alpha value is -1.95. The predicted molar refractivity (Wildman–Crippen MR) is 107 cm³/mol. The van der Waals surface area contributed by atoms with Crippen LogP contribution in [0.1, 0.15) is 44.9 Å². The molecule has 144 valence electrons. The molecule has 2 aromatic heterocycles. The van der Waals surface area contributed by atoms with Crippen LogP contribution in [0.15, 0.2) is 24.5 Å². The molecule has 2 aliphatic heterocycles. The number of piperidine rings is 2. The van der Waals surface area contributed by atoms with Crippen LogP contribution in [0, 0.1) is 5.41 Å². The first-order valence-electron chi connectivity index (χ1n) is 10.5. The van der Waals surface area contributed by atoms with Crippen LogP contribution in [0.25, 0.3) is 11.3 Å². The Morgan fingerprint density at radius 1 is 0.963 bits per heavy atom. The normalized spacial score (nSPS) is 23.5. The van der Waals surface area contributed by atoms with Crippen LogP contribution in [0.3, 0.4) is 0 Å². The van der Waals surface area contributed by atoms with Gasteiger partial charge in [0.2, 0.25) is 0 Å². The fraction of sp³-hybridized carbons (Fsp3) is 0.667. The highest BCUT2D eigenvalue weighted by Gasteiger charge is 2.39. The maximum atomic E-state index is 4.51. The van der Waals surface area contributed by atoms with E-state index in [4.69, 9.17) is 0 Å². The SMILES string of the molecule is Cn1cc(-c2ccc(N3CCC4(CC3)CCN(C3CCC3)CC4)nn2)cn1. The van der Waals surface area contributed by atoms with Gasteiger partial charge in [0.15, 0.2) is 5.82 Å². The van der Waals surface area contributed by atoms with E-state index in [0.717, 1.165) is 36.2 Å². The summed E-state index contributed by atoms with van der Waals surface area (Å²) in [5.74, 6) is 1.02. The fourth-order valence-corrected chi connectivity index (χ4v) is 5.03. The second kappa shape index (κ2) is 6.89. The molecule has 0 amide bonds. The van der Waals surface area contributed by atoms with Gasteiger partial charge in [0.25, 0.3) is 0 Å². The van der Waals surface area contributed by atoms with Crippen LogP contribution in [-0.4, -0.2) is 57.1 Å². The summed E-state index contributed by atoms with van der Waals surface area (Å²) in [4.78, 5) is 5.19. The number of anilines is 1. The molecule has 2 aromatic rings. The highest BCUT2D eigenvalue weighted by molar-refractivity contribution is 5.57. The van der Waals surface area contributed by atoms with Crippen LogP contribution < -0.4 is 4.90 Å². The van der Waals surface area contributed by atoms with Gasteiger partial charge in [-0.15, -0.1) is 10.2 Å². The van der Waals surface area contributed by atoms with Crippen molar-refractivity contribution in [1.82, 2.24) is 24.9 Å². The number of hydrogen-bond donors (Lipinski definition) is 0. The van der Waals surface area contributed by atoms with Gasteiger partial charge in [0.1, 0.15) is 0 Å². The summed E-state index contributed by atoms with van der Waals surface area (Å²) in [6.45, 7) is 4.88. The quantitative estimate of drug-likeness (QED) is 0.835. The zero-order chi connectivity index (χ0) is 18.3. The van der Waals surface area contributed by atoms with Gasteiger partial charge in [-0.2, -0.15) is 5.10 Å². The molecule has 3 aliphatic rings. The van der Waals surface area contributed by atoms with Crippen molar-refractivity contribution >= 4 is 5.82 Å². The molecule has 0 bridgehead atoms. The average molecular weight is 367 g/mol. The summed E-state index contributed by atoms with van der Waals surface area (Å²) in [7, 11) is 1.92. The molecule has 6 heteroatoms. The Bertz CT molecular complexity index is 760. The van der Waals surface area contributed by atoms with Crippen molar-refractivity contribution < 1.29 is 0 Å². The van der Waals surface area contributed by atoms with Crippen molar-refractivity contribution in [3.63, 3.8) is 0 Å². The predicted octanol–water partition coefficient (Wildman–Crippen LogP) is 3.11. The lowest BCUT2D eigenvalue weighted by atomic mass is 9.70. The lowest BCUT2D eigenvalue weighted by Gasteiger charge is -2.50. The van der Waals surface area contributed by atoms with Crippen LogP contribution in [0.5, 0.6) is 0 Å². The van der Waals surface area contributed by atoms with Gasteiger partial charge in [-0.1, -0.05) is 6.42 Å². The summed E-state index contributed by atoms with van der Waals surface area (Å²) < 4.78 is 1.80. The third kappa shape index (κ3) is 3.35. The van der Waals surface area contributed by atoms with E-state index in [1.807, 2.05) is 19.4 Å². The lowest BCUT2D eigenvalue weighted by Crippen LogP contribution is -2.51. The van der Waals surface area contributed by atoms with E-state index in [0.29, 0.717) is 5.41 Å². The van der Waals surface area contributed by atoms with Gasteiger partial charge < -0.3 is 9.80 Å². The first-order valence-corrected chi connectivity index (χ1v) is 10.5. The van der Waals surface area contributed by atoms with Gasteiger partial charge in [-0.3, -0.25) is 4.68 Å². The van der Waals surface area contributed by atoms with Gasteiger partial charge in [-0.05, 0) is 69.2 Å². The highest BCUT2D eigenvalue weighted by atomic mass is 15.3. The molecule has 1 saturated carbocycles. The van der Waals surface area contributed by atoms with E-state index in [1.165, 1.54) is 58.0 Å². The van der Waals surface area contributed by atoms with E-state index >= 15 is 0 Å². The molecule has 27 heavy (non-hydrogen) atoms. The van der Waals surface area contributed by atoms with Crippen molar-refractivity contribution in [3.05, 3.63) is 24.5 Å². The van der Waals surface area contributed by atoms with E-state index in [-0.39, 0.29) is 0 Å². The molecule has 0 unspecified atom stereocenters. The number of likely N-dealkylation sites (tertiary alicyclic amines) is 1. The Kier molecular flexibility index (Phi) is 4.38. The number of hydrogen-bond acceptors (Lipinski definition) is 5. The van der Waals surface area contributed by atoms with E-state index in [1.54, 1.807) is 4.68 Å². The molecular formula is C21H30N6. The van der Waals surface area contributed by atoms with Gasteiger partial charge in [0.05, 0.1) is 11.9 Å². The van der Waals surface area contributed by atoms with E-state index in [2.05, 4.69) is 37.2 Å². The summed E-state index contributed by atoms with van der Waals surface area (Å²) in [5.41, 5.74) is 2.50. The molecule has 0 radical (unpaired) electrons. The fourth-order valence-electron chi connectivity index (χ4n) is 5.03. The third-order valence-corrected chi connectivity index (χ3v) is 7.25. The zero-order valence-electron chi connectivity index (χ0n) is 16.3. The molecule has 6 nitrogen and oxygen atoms in total. The van der Waals surface area contributed by atoms with Crippen LogP contribution in [-0.2, 0) is 7.05 Å². The summed E-state index contributed by atoms with van der Waals surface area (Å²) in [6, 6.07) is 5.10. The first kappa shape index (κ1) is 17.2. The van der Waals surface area contributed by atoms with Crippen molar-refractivity contribution in [2.75, 3.05) is 31.1 Å². The Labute approximate surface area is 161 Å². The largest absolute Gasteiger partial charge is 0.355 e. The zero-order valence-corrected chi connectivity index (χ0v) is 16.3. The standard InChI is InChI=1S/C21H30N6/c1-25-16-17(15-22-25)19-5-6-20(24-23-19)27-13-9-21(10-14-27)7-11-26(12-8-21)18-3-2-4-18/h5-6,15-16,18H,2-4,7-14H2,1H3. The Morgan fingerprint density at radius 2 is 1.70 bits per heavy atom. The first-order chi connectivity index (χ1) is 13.2. The van der Waals surface area contributed by atoms with Gasteiger partial charge in [0, 0.05) is 37.9 Å². The van der Waals surface area contributed by atoms with Crippen molar-refractivity contribution in [2.24, 2.45) is 12.5 Å². The number of rotatable bonds is 3. The van der Waals surface area contributed by atoms with Crippen LogP contribution in [0.2, 0.25) is 0 Å². The molecule has 5 rings (SSSR count). The Morgan fingerprint density at radius 3 is 2.26 bits per heavy atom. The summed E-state index contributed by atoms with van der Waals surface area (Å²) in [6.07, 6.45) is 13.5. The molecule has 0 aromatic carbocycles. The molecule has 1 aliphatic carbocycles. The molecular weight excluding hydrogens is 336 g/mol. The van der Waals surface area contributed by atoms with Gasteiger partial charge >= 0.3 is 0 Å². The Balaban J connectivity index is 1.18. The second-order valence-corrected chi connectivity index (χ2v) is 8.79. The molecule has 2 saturated heterocycles. The van der Waals surface area contributed by atoms with Crippen molar-refractivity contribution in [3.8, 4) is 11.3 Å². The average Bonchev–Trinajstić information content (AvgIpc) is 3.10. The molecule has 1 spiro atoms. The van der Waals surface area contributed by atoms with E-state index in [9.17, 15) is 0 Å². The molecule has 0 atom stereocenters. The minimum absolute atomic E-state index is 0.583. The summed E-state index contributed by atoms with van der Waals surface area (Å²) in [5, 5.41) is 13.2. The van der Waals surface area contributed by atoms with E-state index < -0.39 is 0 Å². The van der Waals surface area contributed by atoms with Crippen LogP contribution >= 0.6 is 0 Å². The van der Waals surface area contributed by atoms with Gasteiger partial charge in [-0.25, -0.2) is 0 Å². The minimum atomic E-state index is 0.583. The monoisotopic (exact) mass is 366 g/mol. The molecule has 4 heterocycles. The van der Waals surface area contributed by atoms with Crippen molar-refractivity contribution in [1.29, 1.82) is 0 Å². The number of nitrogens with zero attached hydrogens (tertiary/aromatic N) is 6. The third-order valence-electron chi connectivity index (χ3n) is 7.25. The lowest BCUT2D eigenvalue weighted by molar-refractivity contribution is 0.0305. The molecule has 3 fully saturated rings. The topological polar surface area (TPSA) is 50.1 Å². The smallest absolute Gasteiger partial charge is 0.151 e. The van der Waals surface area contributed by atoms with Crippen LogP contribution in [0.4, 0.5) is 5.82 Å².